The van der Waals surface area contributed by atoms with Crippen LogP contribution in [0.15, 0.2) is 0 Å². The predicted octanol–water partition coefficient (Wildman–Crippen LogP) is 3.97. The zero-order valence-electron chi connectivity index (χ0n) is 13.8. The highest BCUT2D eigenvalue weighted by atomic mass is 16.5. The van der Waals surface area contributed by atoms with Crippen LogP contribution in [0.5, 0.6) is 0 Å². The Labute approximate surface area is 110 Å². The van der Waals surface area contributed by atoms with Gasteiger partial charge in [0.25, 0.3) is 6.47 Å². The van der Waals surface area contributed by atoms with E-state index in [0.29, 0.717) is 6.47 Å². The molecule has 0 spiro atoms. The van der Waals surface area contributed by atoms with Gasteiger partial charge < -0.3 is 9.64 Å². The summed E-state index contributed by atoms with van der Waals surface area (Å²) in [7, 11) is 4.17. The van der Waals surface area contributed by atoms with Crippen molar-refractivity contribution in [3.8, 4) is 0 Å². The average molecular weight is 249 g/mol. The smallest absolute Gasteiger partial charge is 0.293 e. The SMILES string of the molecule is CC.CC.CC(C)(C)OC=O.CCCN(C)C. The molecule has 0 saturated carbocycles. The van der Waals surface area contributed by atoms with Crippen molar-refractivity contribution in [2.24, 2.45) is 0 Å². The lowest BCUT2D eigenvalue weighted by Gasteiger charge is -2.14. The molecule has 0 unspecified atom stereocenters. The van der Waals surface area contributed by atoms with E-state index in [0.717, 1.165) is 0 Å². The minimum absolute atomic E-state index is 0.318. The Kier molecular flexibility index (Phi) is 31.0. The first-order valence-corrected chi connectivity index (χ1v) is 6.59. The van der Waals surface area contributed by atoms with E-state index < -0.39 is 0 Å². The Balaban J connectivity index is -0.0000000772. The van der Waals surface area contributed by atoms with Gasteiger partial charge >= 0.3 is 0 Å². The molecular weight excluding hydrogens is 214 g/mol. The van der Waals surface area contributed by atoms with Crippen molar-refractivity contribution in [2.75, 3.05) is 20.6 Å². The molecule has 3 nitrogen and oxygen atoms in total. The first-order chi connectivity index (χ1) is 7.83. The van der Waals surface area contributed by atoms with Crippen LogP contribution in [-0.4, -0.2) is 37.6 Å². The lowest BCUT2D eigenvalue weighted by molar-refractivity contribution is -0.138. The largest absolute Gasteiger partial charge is 0.462 e. The van der Waals surface area contributed by atoms with Gasteiger partial charge in [-0.1, -0.05) is 34.6 Å². The van der Waals surface area contributed by atoms with E-state index in [2.05, 4.69) is 30.7 Å². The summed E-state index contributed by atoms with van der Waals surface area (Å²) in [6, 6.07) is 0. The predicted molar refractivity (Wildman–Crippen MR) is 78.4 cm³/mol. The number of hydrogen-bond donors (Lipinski definition) is 0. The Morgan fingerprint density at radius 3 is 1.41 bits per heavy atom. The third-order valence-electron chi connectivity index (χ3n) is 1.07. The summed E-state index contributed by atoms with van der Waals surface area (Å²) in [4.78, 5) is 11.8. The third-order valence-corrected chi connectivity index (χ3v) is 1.07. The zero-order valence-corrected chi connectivity index (χ0v) is 13.8. The van der Waals surface area contributed by atoms with E-state index in [1.807, 2.05) is 48.5 Å². The molecule has 0 aromatic heterocycles. The fraction of sp³-hybridized carbons (Fsp3) is 0.929. The topological polar surface area (TPSA) is 29.5 Å². The monoisotopic (exact) mass is 249 g/mol. The molecule has 0 aliphatic rings. The normalized spacial score (nSPS) is 8.65. The fourth-order valence-corrected chi connectivity index (χ4v) is 0.592. The van der Waals surface area contributed by atoms with E-state index in [9.17, 15) is 4.79 Å². The first kappa shape index (κ1) is 25.3. The molecule has 0 aliphatic heterocycles. The van der Waals surface area contributed by atoms with Gasteiger partial charge in [-0.2, -0.15) is 0 Å². The lowest BCUT2D eigenvalue weighted by Crippen LogP contribution is -2.17. The van der Waals surface area contributed by atoms with Gasteiger partial charge in [-0.3, -0.25) is 4.79 Å². The highest BCUT2D eigenvalue weighted by Gasteiger charge is 2.07. The Hall–Kier alpha value is -0.570. The van der Waals surface area contributed by atoms with Crippen molar-refractivity contribution < 1.29 is 9.53 Å². The van der Waals surface area contributed by atoms with E-state index in [1.54, 1.807) is 0 Å². The number of carbonyl (C=O) groups excluding carboxylic acids is 1. The molecule has 0 radical (unpaired) electrons. The van der Waals surface area contributed by atoms with Gasteiger partial charge in [0.15, 0.2) is 0 Å². The van der Waals surface area contributed by atoms with Crippen LogP contribution in [0.25, 0.3) is 0 Å². The van der Waals surface area contributed by atoms with E-state index in [1.165, 1.54) is 13.0 Å². The van der Waals surface area contributed by atoms with Crippen LogP contribution in [0.2, 0.25) is 0 Å². The van der Waals surface area contributed by atoms with E-state index in [-0.39, 0.29) is 5.60 Å². The lowest BCUT2D eigenvalue weighted by atomic mass is 10.2. The molecule has 0 atom stereocenters. The highest BCUT2D eigenvalue weighted by Crippen LogP contribution is 2.02. The van der Waals surface area contributed by atoms with Gasteiger partial charge in [0.05, 0.1) is 0 Å². The van der Waals surface area contributed by atoms with Crippen LogP contribution in [0.1, 0.15) is 61.8 Å². The second-order valence-corrected chi connectivity index (χ2v) is 4.13. The third kappa shape index (κ3) is 67.3. The molecule has 0 aromatic rings. The van der Waals surface area contributed by atoms with Gasteiger partial charge in [0.1, 0.15) is 5.60 Å². The molecule has 0 rings (SSSR count). The van der Waals surface area contributed by atoms with Crippen LogP contribution in [-0.2, 0) is 9.53 Å². The summed E-state index contributed by atoms with van der Waals surface area (Å²) in [5.41, 5.74) is -0.318. The number of rotatable bonds is 3. The molecule has 0 heterocycles. The fourth-order valence-electron chi connectivity index (χ4n) is 0.592. The maximum absolute atomic E-state index is 9.60. The molecule has 0 fully saturated rings. The number of nitrogens with zero attached hydrogens (tertiary/aromatic N) is 1. The molecule has 0 bridgehead atoms. The minimum atomic E-state index is -0.318. The summed E-state index contributed by atoms with van der Waals surface area (Å²) in [5, 5.41) is 0. The average Bonchev–Trinajstić information content (AvgIpc) is 2.22. The van der Waals surface area contributed by atoms with Crippen molar-refractivity contribution in [3.05, 3.63) is 0 Å². The second-order valence-electron chi connectivity index (χ2n) is 4.13. The van der Waals surface area contributed by atoms with Crippen molar-refractivity contribution in [2.45, 2.75) is 67.4 Å². The Morgan fingerprint density at radius 1 is 1.06 bits per heavy atom. The number of ether oxygens (including phenoxy) is 1. The van der Waals surface area contributed by atoms with Crippen LogP contribution >= 0.6 is 0 Å². The minimum Gasteiger partial charge on any atom is -0.462 e. The number of carbonyl (C=O) groups is 1. The van der Waals surface area contributed by atoms with Gasteiger partial charge in [-0.05, 0) is 47.8 Å². The summed E-state index contributed by atoms with van der Waals surface area (Å²) >= 11 is 0. The van der Waals surface area contributed by atoms with Crippen LogP contribution < -0.4 is 0 Å². The summed E-state index contributed by atoms with van der Waals surface area (Å²) in [6.45, 7) is 17.3. The van der Waals surface area contributed by atoms with Gasteiger partial charge in [0, 0.05) is 0 Å². The van der Waals surface area contributed by atoms with Crippen molar-refractivity contribution in [1.29, 1.82) is 0 Å². The van der Waals surface area contributed by atoms with Crippen molar-refractivity contribution in [1.82, 2.24) is 4.90 Å². The Morgan fingerprint density at radius 2 is 1.41 bits per heavy atom. The van der Waals surface area contributed by atoms with E-state index in [4.69, 9.17) is 0 Å². The second kappa shape index (κ2) is 20.8. The highest BCUT2D eigenvalue weighted by molar-refractivity contribution is 5.37. The van der Waals surface area contributed by atoms with Crippen molar-refractivity contribution >= 4 is 6.47 Å². The Bertz CT molecular complexity index is 118. The van der Waals surface area contributed by atoms with Crippen molar-refractivity contribution in [3.63, 3.8) is 0 Å². The molecule has 108 valence electrons. The molecular formula is C14H35NO2. The quantitative estimate of drug-likeness (QED) is 0.709. The van der Waals surface area contributed by atoms with E-state index >= 15 is 0 Å². The summed E-state index contributed by atoms with van der Waals surface area (Å²) in [5.74, 6) is 0. The molecule has 0 aliphatic carbocycles. The number of hydrogen-bond acceptors (Lipinski definition) is 3. The van der Waals surface area contributed by atoms with Gasteiger partial charge in [0.2, 0.25) is 0 Å². The molecule has 0 amide bonds. The molecule has 0 aromatic carbocycles. The maximum Gasteiger partial charge on any atom is 0.293 e. The van der Waals surface area contributed by atoms with Crippen LogP contribution in [0.4, 0.5) is 0 Å². The van der Waals surface area contributed by atoms with Gasteiger partial charge in [-0.15, -0.1) is 0 Å². The standard InChI is InChI=1S/C5H13N.C5H10O2.2C2H6/c1-4-5-6(2)3;1-5(2,3)7-4-6;2*1-2/h4-5H2,1-3H3;4H,1-3H3;2*1-2H3. The van der Waals surface area contributed by atoms with Gasteiger partial charge in [-0.25, -0.2) is 0 Å². The summed E-state index contributed by atoms with van der Waals surface area (Å²) in [6.07, 6.45) is 1.26. The summed E-state index contributed by atoms with van der Waals surface area (Å²) < 4.78 is 4.55. The molecule has 3 heteroatoms. The zero-order chi connectivity index (χ0) is 14.9. The molecule has 0 N–H and O–H groups in total. The molecule has 0 saturated heterocycles. The van der Waals surface area contributed by atoms with Crippen LogP contribution in [0.3, 0.4) is 0 Å². The molecule has 17 heavy (non-hydrogen) atoms. The van der Waals surface area contributed by atoms with Crippen LogP contribution in [0, 0.1) is 0 Å². The first-order valence-electron chi connectivity index (χ1n) is 6.59. The maximum atomic E-state index is 9.60.